The molecule has 2 rings (SSSR count). The molecule has 0 saturated carbocycles. The van der Waals surface area contributed by atoms with Gasteiger partial charge in [-0.05, 0) is 26.5 Å². The second-order valence-corrected chi connectivity index (χ2v) is 5.32. The van der Waals surface area contributed by atoms with Gasteiger partial charge in [0.25, 0.3) is 0 Å². The molecule has 1 saturated heterocycles. The van der Waals surface area contributed by atoms with Gasteiger partial charge in [0.05, 0.1) is 13.2 Å². The highest BCUT2D eigenvalue weighted by molar-refractivity contribution is 5.17. The second-order valence-electron chi connectivity index (χ2n) is 5.32. The van der Waals surface area contributed by atoms with E-state index in [0.29, 0.717) is 18.6 Å². The molecule has 3 nitrogen and oxygen atoms in total. The monoisotopic (exact) mass is 266 g/mol. The molecule has 1 heterocycles. The zero-order chi connectivity index (χ0) is 13.7. The van der Waals surface area contributed by atoms with Crippen molar-refractivity contribution in [2.75, 3.05) is 26.8 Å². The topological polar surface area (TPSA) is 24.5 Å². The summed E-state index contributed by atoms with van der Waals surface area (Å²) in [6.07, 6.45) is 1.02. The maximum atomic E-state index is 13.6. The number of morpholine rings is 1. The van der Waals surface area contributed by atoms with Crippen molar-refractivity contribution in [3.8, 4) is 0 Å². The number of rotatable bonds is 5. The van der Waals surface area contributed by atoms with Gasteiger partial charge in [-0.3, -0.25) is 4.90 Å². The summed E-state index contributed by atoms with van der Waals surface area (Å²) in [6, 6.07) is 7.77. The molecule has 1 aromatic carbocycles. The predicted molar refractivity (Wildman–Crippen MR) is 74.6 cm³/mol. The van der Waals surface area contributed by atoms with Gasteiger partial charge in [0.15, 0.2) is 0 Å². The number of ether oxygens (including phenoxy) is 1. The van der Waals surface area contributed by atoms with Crippen molar-refractivity contribution in [3.63, 3.8) is 0 Å². The molecule has 1 fully saturated rings. The molecule has 0 amide bonds. The Balaban J connectivity index is 1.85. The number of nitrogens with one attached hydrogen (secondary N) is 1. The molecule has 0 radical (unpaired) electrons. The normalized spacial score (nSPS) is 21.6. The lowest BCUT2D eigenvalue weighted by Crippen LogP contribution is -2.45. The first-order valence-electron chi connectivity index (χ1n) is 6.91. The lowest BCUT2D eigenvalue weighted by Gasteiger charge is -2.31. The summed E-state index contributed by atoms with van der Waals surface area (Å²) in [5.41, 5.74) is 0.754. The maximum absolute atomic E-state index is 13.6. The highest BCUT2D eigenvalue weighted by atomic mass is 19.1. The van der Waals surface area contributed by atoms with Gasteiger partial charge >= 0.3 is 0 Å². The molecule has 0 aromatic heterocycles. The maximum Gasteiger partial charge on any atom is 0.127 e. The van der Waals surface area contributed by atoms with Crippen LogP contribution in [0, 0.1) is 5.82 Å². The number of hydrogen-bond donors (Lipinski definition) is 1. The summed E-state index contributed by atoms with van der Waals surface area (Å²) < 4.78 is 19.1. The van der Waals surface area contributed by atoms with Crippen molar-refractivity contribution in [2.24, 2.45) is 0 Å². The molecular formula is C15H23FN2O. The van der Waals surface area contributed by atoms with Crippen LogP contribution in [0.1, 0.15) is 18.9 Å². The second kappa shape index (κ2) is 6.98. The van der Waals surface area contributed by atoms with Crippen LogP contribution in [0.15, 0.2) is 24.3 Å². The van der Waals surface area contributed by atoms with E-state index in [1.807, 2.05) is 19.2 Å². The van der Waals surface area contributed by atoms with Crippen molar-refractivity contribution < 1.29 is 9.13 Å². The lowest BCUT2D eigenvalue weighted by atomic mass is 10.1. The van der Waals surface area contributed by atoms with Crippen LogP contribution in [-0.4, -0.2) is 43.8 Å². The fourth-order valence-corrected chi connectivity index (χ4v) is 2.41. The predicted octanol–water partition coefficient (Wildman–Crippen LogP) is 2.02. The summed E-state index contributed by atoms with van der Waals surface area (Å²) in [5, 5.41) is 3.45. The van der Waals surface area contributed by atoms with Crippen LogP contribution in [0.5, 0.6) is 0 Å². The Morgan fingerprint density at radius 2 is 2.26 bits per heavy atom. The molecule has 0 bridgehead atoms. The highest BCUT2D eigenvalue weighted by Crippen LogP contribution is 2.13. The molecule has 4 heteroatoms. The van der Waals surface area contributed by atoms with Gasteiger partial charge in [-0.15, -0.1) is 0 Å². The molecule has 19 heavy (non-hydrogen) atoms. The van der Waals surface area contributed by atoms with E-state index < -0.39 is 0 Å². The average molecular weight is 266 g/mol. The fourth-order valence-electron chi connectivity index (χ4n) is 2.41. The van der Waals surface area contributed by atoms with E-state index in [-0.39, 0.29) is 5.82 Å². The molecule has 106 valence electrons. The largest absolute Gasteiger partial charge is 0.379 e. The summed E-state index contributed by atoms with van der Waals surface area (Å²) in [5.74, 6) is -0.124. The van der Waals surface area contributed by atoms with Gasteiger partial charge in [-0.2, -0.15) is 0 Å². The van der Waals surface area contributed by atoms with Crippen molar-refractivity contribution in [2.45, 2.75) is 32.0 Å². The Morgan fingerprint density at radius 1 is 1.47 bits per heavy atom. The van der Waals surface area contributed by atoms with Crippen LogP contribution in [0.2, 0.25) is 0 Å². The molecule has 0 spiro atoms. The van der Waals surface area contributed by atoms with Gasteiger partial charge < -0.3 is 10.1 Å². The van der Waals surface area contributed by atoms with Crippen LogP contribution in [0.3, 0.4) is 0 Å². The number of hydrogen-bond acceptors (Lipinski definition) is 3. The van der Waals surface area contributed by atoms with E-state index in [4.69, 9.17) is 4.74 Å². The van der Waals surface area contributed by atoms with E-state index in [2.05, 4.69) is 17.1 Å². The SMILES string of the molecule is CC(CC1COCCN1)N(C)Cc1ccccc1F. The molecule has 1 aliphatic rings. The number of nitrogens with zero attached hydrogens (tertiary/aromatic N) is 1. The van der Waals surface area contributed by atoms with Crippen LogP contribution in [-0.2, 0) is 11.3 Å². The van der Waals surface area contributed by atoms with Crippen LogP contribution >= 0.6 is 0 Å². The third-order valence-corrected chi connectivity index (χ3v) is 3.75. The Morgan fingerprint density at radius 3 is 2.95 bits per heavy atom. The van der Waals surface area contributed by atoms with Gasteiger partial charge in [0.2, 0.25) is 0 Å². The molecule has 1 N–H and O–H groups in total. The molecule has 2 atom stereocenters. The van der Waals surface area contributed by atoms with Gasteiger partial charge in [0, 0.05) is 30.7 Å². The highest BCUT2D eigenvalue weighted by Gasteiger charge is 2.19. The zero-order valence-corrected chi connectivity index (χ0v) is 11.7. The standard InChI is InChI=1S/C15H23FN2O/c1-12(9-14-11-19-8-7-17-14)18(2)10-13-5-3-4-6-15(13)16/h3-6,12,14,17H,7-11H2,1-2H3. The minimum atomic E-state index is -0.124. The minimum Gasteiger partial charge on any atom is -0.379 e. The summed E-state index contributed by atoms with van der Waals surface area (Å²) in [7, 11) is 2.04. The summed E-state index contributed by atoms with van der Waals surface area (Å²) in [4.78, 5) is 2.19. The van der Waals surface area contributed by atoms with Gasteiger partial charge in [0.1, 0.15) is 5.82 Å². The van der Waals surface area contributed by atoms with E-state index >= 15 is 0 Å². The van der Waals surface area contributed by atoms with Crippen LogP contribution in [0.25, 0.3) is 0 Å². The molecule has 1 aromatic rings. The van der Waals surface area contributed by atoms with E-state index in [1.54, 1.807) is 6.07 Å². The fraction of sp³-hybridized carbons (Fsp3) is 0.600. The Labute approximate surface area is 114 Å². The number of benzene rings is 1. The van der Waals surface area contributed by atoms with Crippen molar-refractivity contribution in [1.82, 2.24) is 10.2 Å². The average Bonchev–Trinajstić information content (AvgIpc) is 2.42. The molecular weight excluding hydrogens is 243 g/mol. The van der Waals surface area contributed by atoms with Crippen molar-refractivity contribution >= 4 is 0 Å². The van der Waals surface area contributed by atoms with Crippen molar-refractivity contribution in [1.29, 1.82) is 0 Å². The third-order valence-electron chi connectivity index (χ3n) is 3.75. The Hall–Kier alpha value is -0.970. The van der Waals surface area contributed by atoms with Crippen LogP contribution in [0.4, 0.5) is 4.39 Å². The number of halogens is 1. The van der Waals surface area contributed by atoms with Crippen LogP contribution < -0.4 is 5.32 Å². The smallest absolute Gasteiger partial charge is 0.127 e. The molecule has 0 aliphatic carbocycles. The quantitative estimate of drug-likeness (QED) is 0.882. The summed E-state index contributed by atoms with van der Waals surface area (Å²) in [6.45, 7) is 5.32. The third kappa shape index (κ3) is 4.27. The first-order chi connectivity index (χ1) is 9.16. The van der Waals surface area contributed by atoms with E-state index in [9.17, 15) is 4.39 Å². The first-order valence-corrected chi connectivity index (χ1v) is 6.91. The molecule has 2 unspecified atom stereocenters. The van der Waals surface area contributed by atoms with Gasteiger partial charge in [-0.25, -0.2) is 4.39 Å². The zero-order valence-electron chi connectivity index (χ0n) is 11.7. The molecule has 1 aliphatic heterocycles. The first kappa shape index (κ1) is 14.4. The minimum absolute atomic E-state index is 0.124. The van der Waals surface area contributed by atoms with E-state index in [0.717, 1.165) is 31.7 Å². The Bertz CT molecular complexity index is 393. The Kier molecular flexibility index (Phi) is 5.31. The lowest BCUT2D eigenvalue weighted by molar-refractivity contribution is 0.0637. The van der Waals surface area contributed by atoms with Crippen molar-refractivity contribution in [3.05, 3.63) is 35.6 Å². The van der Waals surface area contributed by atoms with Gasteiger partial charge in [-0.1, -0.05) is 18.2 Å². The van der Waals surface area contributed by atoms with E-state index in [1.165, 1.54) is 6.07 Å². The summed E-state index contributed by atoms with van der Waals surface area (Å²) >= 11 is 0.